The third-order valence-electron chi connectivity index (χ3n) is 6.78. The molecule has 0 spiro atoms. The van der Waals surface area contributed by atoms with E-state index in [-0.39, 0.29) is 28.4 Å². The van der Waals surface area contributed by atoms with Crippen LogP contribution in [0.3, 0.4) is 0 Å². The molecule has 2 aliphatic rings. The van der Waals surface area contributed by atoms with Gasteiger partial charge < -0.3 is 14.9 Å². The van der Waals surface area contributed by atoms with Gasteiger partial charge in [-0.15, -0.1) is 0 Å². The molecule has 0 saturated heterocycles. The van der Waals surface area contributed by atoms with Gasteiger partial charge in [-0.25, -0.2) is 0 Å². The summed E-state index contributed by atoms with van der Waals surface area (Å²) >= 11 is 3.64. The van der Waals surface area contributed by atoms with Crippen LogP contribution in [0.2, 0.25) is 0 Å². The van der Waals surface area contributed by atoms with E-state index >= 15 is 0 Å². The van der Waals surface area contributed by atoms with Crippen molar-refractivity contribution in [1.82, 2.24) is 0 Å². The van der Waals surface area contributed by atoms with Crippen molar-refractivity contribution in [1.29, 1.82) is 0 Å². The molecule has 0 radical (unpaired) electrons. The Hall–Kier alpha value is -1.00. The zero-order chi connectivity index (χ0) is 19.3. The number of allylic oxidation sites excluding steroid dienone is 2. The minimum Gasteiger partial charge on any atom is -0.504 e. The summed E-state index contributed by atoms with van der Waals surface area (Å²) in [5, 5.41) is 21.5. The van der Waals surface area contributed by atoms with Crippen molar-refractivity contribution in [3.8, 4) is 11.5 Å². The van der Waals surface area contributed by atoms with Gasteiger partial charge in [0, 0.05) is 10.4 Å². The molecule has 0 heterocycles. The van der Waals surface area contributed by atoms with Crippen LogP contribution in [0.15, 0.2) is 28.3 Å². The van der Waals surface area contributed by atoms with Crippen molar-refractivity contribution in [3.63, 3.8) is 0 Å². The Morgan fingerprint density at radius 2 is 1.88 bits per heavy atom. The minimum absolute atomic E-state index is 0.0466. The SMILES string of the molecule is COc1cc([C@H]2[C@@H](O)[C@H](C)CC=C3C(C)(C)CCC[C@@]32C)c(Br)cc1O. The molecular weight excluding hydrogens is 392 g/mol. The van der Waals surface area contributed by atoms with E-state index in [4.69, 9.17) is 4.74 Å². The summed E-state index contributed by atoms with van der Waals surface area (Å²) in [4.78, 5) is 0. The van der Waals surface area contributed by atoms with E-state index in [1.807, 2.05) is 6.07 Å². The summed E-state index contributed by atoms with van der Waals surface area (Å²) in [6.45, 7) is 9.12. The molecule has 2 N–H and O–H groups in total. The minimum atomic E-state index is -0.451. The van der Waals surface area contributed by atoms with E-state index in [9.17, 15) is 10.2 Å². The van der Waals surface area contributed by atoms with Crippen molar-refractivity contribution < 1.29 is 14.9 Å². The highest BCUT2D eigenvalue weighted by Crippen LogP contribution is 2.61. The smallest absolute Gasteiger partial charge is 0.160 e. The van der Waals surface area contributed by atoms with Crippen molar-refractivity contribution in [2.24, 2.45) is 16.7 Å². The van der Waals surface area contributed by atoms with Crippen LogP contribution >= 0.6 is 15.9 Å². The van der Waals surface area contributed by atoms with Crippen LogP contribution < -0.4 is 4.74 Å². The quantitative estimate of drug-likeness (QED) is 0.592. The molecule has 1 aromatic rings. The molecule has 0 amide bonds. The first kappa shape index (κ1) is 19.8. The number of rotatable bonds is 2. The summed E-state index contributed by atoms with van der Waals surface area (Å²) in [6.07, 6.45) is 6.26. The first-order valence-electron chi connectivity index (χ1n) is 9.57. The van der Waals surface area contributed by atoms with Crippen molar-refractivity contribution >= 4 is 15.9 Å². The Kier molecular flexibility index (Phi) is 5.22. The predicted molar refractivity (Wildman–Crippen MR) is 109 cm³/mol. The van der Waals surface area contributed by atoms with Crippen molar-refractivity contribution in [2.75, 3.05) is 7.11 Å². The largest absolute Gasteiger partial charge is 0.504 e. The standard InChI is InChI=1S/C22H31BrO3/c1-13-7-8-18-21(2,3)9-6-10-22(18,4)19(20(13)25)14-11-17(26-5)16(24)12-15(14)23/h8,11-13,19-20,24-25H,6-7,9-10H2,1-5H3/t13-,19+,20+,22+/m1/s1. The highest BCUT2D eigenvalue weighted by molar-refractivity contribution is 9.10. The Bertz CT molecular complexity index is 724. The van der Waals surface area contributed by atoms with Gasteiger partial charge in [0.1, 0.15) is 0 Å². The highest BCUT2D eigenvalue weighted by Gasteiger charge is 2.51. The lowest BCUT2D eigenvalue weighted by Gasteiger charge is -2.51. The Morgan fingerprint density at radius 1 is 1.19 bits per heavy atom. The first-order valence-corrected chi connectivity index (χ1v) is 10.4. The third-order valence-corrected chi connectivity index (χ3v) is 7.47. The van der Waals surface area contributed by atoms with E-state index < -0.39 is 6.10 Å². The second-order valence-corrected chi connectivity index (χ2v) is 9.85. The maximum atomic E-state index is 11.3. The monoisotopic (exact) mass is 422 g/mol. The lowest BCUT2D eigenvalue weighted by Crippen LogP contribution is -2.43. The molecule has 3 nitrogen and oxygen atoms in total. The summed E-state index contributed by atoms with van der Waals surface area (Å²) in [5.41, 5.74) is 2.52. The number of halogens is 1. The zero-order valence-electron chi connectivity index (χ0n) is 16.5. The summed E-state index contributed by atoms with van der Waals surface area (Å²) < 4.78 is 6.20. The molecule has 0 bridgehead atoms. The molecule has 3 rings (SSSR count). The number of methoxy groups -OCH3 is 1. The Labute approximate surface area is 165 Å². The molecule has 0 aliphatic heterocycles. The van der Waals surface area contributed by atoms with E-state index in [2.05, 4.69) is 49.7 Å². The maximum absolute atomic E-state index is 11.3. The van der Waals surface area contributed by atoms with Crippen LogP contribution in [0, 0.1) is 16.7 Å². The van der Waals surface area contributed by atoms with Crippen LogP contribution in [0.4, 0.5) is 0 Å². The fourth-order valence-electron chi connectivity index (χ4n) is 5.41. The lowest BCUT2D eigenvalue weighted by atomic mass is 9.54. The van der Waals surface area contributed by atoms with E-state index in [0.717, 1.165) is 29.3 Å². The van der Waals surface area contributed by atoms with Crippen LogP contribution in [0.1, 0.15) is 64.9 Å². The van der Waals surface area contributed by atoms with E-state index in [1.54, 1.807) is 13.2 Å². The van der Waals surface area contributed by atoms with Crippen LogP contribution in [-0.4, -0.2) is 23.4 Å². The summed E-state index contributed by atoms with van der Waals surface area (Å²) in [7, 11) is 1.57. The van der Waals surface area contributed by atoms with Gasteiger partial charge in [-0.1, -0.05) is 61.7 Å². The van der Waals surface area contributed by atoms with E-state index in [1.165, 1.54) is 12.0 Å². The number of benzene rings is 1. The molecule has 4 heteroatoms. The molecule has 0 aromatic heterocycles. The molecule has 0 unspecified atom stereocenters. The Morgan fingerprint density at radius 3 is 2.54 bits per heavy atom. The van der Waals surface area contributed by atoms with Crippen LogP contribution in [-0.2, 0) is 0 Å². The fourth-order valence-corrected chi connectivity index (χ4v) is 5.99. The lowest BCUT2D eigenvalue weighted by molar-refractivity contribution is 0.0333. The number of hydrogen-bond acceptors (Lipinski definition) is 3. The number of hydrogen-bond donors (Lipinski definition) is 2. The summed E-state index contributed by atoms with van der Waals surface area (Å²) in [6, 6.07) is 3.59. The normalized spacial score (nSPS) is 33.8. The number of phenolic OH excluding ortho intramolecular Hbond substituents is 1. The van der Waals surface area contributed by atoms with Gasteiger partial charge in [0.25, 0.3) is 0 Å². The summed E-state index contributed by atoms with van der Waals surface area (Å²) in [5.74, 6) is 0.702. The number of aliphatic hydroxyl groups is 1. The number of fused-ring (bicyclic) bond motifs is 1. The van der Waals surface area contributed by atoms with Gasteiger partial charge in [0.15, 0.2) is 11.5 Å². The van der Waals surface area contributed by atoms with Crippen LogP contribution in [0.5, 0.6) is 11.5 Å². The second kappa shape index (κ2) is 6.87. The fraction of sp³-hybridized carbons (Fsp3) is 0.636. The second-order valence-electron chi connectivity index (χ2n) is 9.00. The molecular formula is C22H31BrO3. The molecule has 2 aliphatic carbocycles. The van der Waals surface area contributed by atoms with Crippen molar-refractivity contribution in [3.05, 3.63) is 33.8 Å². The topological polar surface area (TPSA) is 49.7 Å². The highest BCUT2D eigenvalue weighted by atomic mass is 79.9. The average Bonchev–Trinajstić information content (AvgIpc) is 2.64. The molecule has 1 saturated carbocycles. The molecule has 26 heavy (non-hydrogen) atoms. The van der Waals surface area contributed by atoms with Gasteiger partial charge in [-0.05, 0) is 53.7 Å². The number of phenols is 1. The third kappa shape index (κ3) is 3.09. The van der Waals surface area contributed by atoms with Gasteiger partial charge in [-0.3, -0.25) is 0 Å². The molecule has 4 atom stereocenters. The number of aliphatic hydroxyl groups excluding tert-OH is 1. The van der Waals surface area contributed by atoms with Gasteiger partial charge in [0.2, 0.25) is 0 Å². The first-order chi connectivity index (χ1) is 12.1. The Balaban J connectivity index is 2.22. The molecule has 144 valence electrons. The molecule has 1 aromatic carbocycles. The van der Waals surface area contributed by atoms with Crippen molar-refractivity contribution in [2.45, 2.75) is 65.4 Å². The predicted octanol–water partition coefficient (Wildman–Crippen LogP) is 5.79. The van der Waals surface area contributed by atoms with Crippen LogP contribution in [0.25, 0.3) is 0 Å². The number of aromatic hydroxyl groups is 1. The average molecular weight is 423 g/mol. The van der Waals surface area contributed by atoms with E-state index in [0.29, 0.717) is 5.75 Å². The van der Waals surface area contributed by atoms with Gasteiger partial charge in [-0.2, -0.15) is 0 Å². The zero-order valence-corrected chi connectivity index (χ0v) is 18.1. The van der Waals surface area contributed by atoms with Gasteiger partial charge in [0.05, 0.1) is 13.2 Å². The molecule has 1 fully saturated rings. The van der Waals surface area contributed by atoms with Gasteiger partial charge >= 0.3 is 0 Å². The number of ether oxygens (including phenoxy) is 1. The maximum Gasteiger partial charge on any atom is 0.160 e.